The number of methoxy groups -OCH3 is 2. The first-order valence-electron chi connectivity index (χ1n) is 7.97. The van der Waals surface area contributed by atoms with Crippen molar-refractivity contribution in [3.05, 3.63) is 53.1 Å². The lowest BCUT2D eigenvalue weighted by atomic mass is 9.98. The predicted octanol–water partition coefficient (Wildman–Crippen LogP) is 2.41. The van der Waals surface area contributed by atoms with Crippen molar-refractivity contribution in [1.29, 1.82) is 0 Å². The van der Waals surface area contributed by atoms with Crippen LogP contribution in [0.4, 0.5) is 5.69 Å². The summed E-state index contributed by atoms with van der Waals surface area (Å²) in [7, 11) is 3.25. The van der Waals surface area contributed by atoms with Crippen LogP contribution in [-0.2, 0) is 24.2 Å². The van der Waals surface area contributed by atoms with E-state index in [0.29, 0.717) is 30.9 Å². The molecule has 5 nitrogen and oxygen atoms in total. The first kappa shape index (κ1) is 16.2. The quantitative estimate of drug-likeness (QED) is 0.876. The van der Waals surface area contributed by atoms with Crippen molar-refractivity contribution in [2.75, 3.05) is 26.5 Å². The molecule has 1 amide bonds. The summed E-state index contributed by atoms with van der Waals surface area (Å²) in [4.78, 5) is 14.5. The molecule has 1 aliphatic rings. The Morgan fingerprint density at radius 1 is 1.12 bits per heavy atom. The zero-order valence-corrected chi connectivity index (χ0v) is 14.0. The number of nitrogen functional groups attached to an aromatic ring is 1. The number of para-hydroxylation sites is 1. The molecule has 1 heterocycles. The van der Waals surface area contributed by atoms with Crippen LogP contribution in [0.25, 0.3) is 0 Å². The number of rotatable bonds is 4. The van der Waals surface area contributed by atoms with Crippen LogP contribution in [0.2, 0.25) is 0 Å². The highest BCUT2D eigenvalue weighted by Crippen LogP contribution is 2.33. The second kappa shape index (κ2) is 6.83. The molecule has 0 radical (unpaired) electrons. The molecule has 2 aromatic rings. The maximum absolute atomic E-state index is 12.6. The van der Waals surface area contributed by atoms with Gasteiger partial charge in [0.25, 0.3) is 0 Å². The molecule has 126 valence electrons. The summed E-state index contributed by atoms with van der Waals surface area (Å²) in [6.07, 6.45) is 1.14. The third-order valence-electron chi connectivity index (χ3n) is 4.47. The number of hydrogen-bond donors (Lipinski definition) is 1. The average molecular weight is 326 g/mol. The van der Waals surface area contributed by atoms with Gasteiger partial charge in [-0.2, -0.15) is 0 Å². The third-order valence-corrected chi connectivity index (χ3v) is 4.47. The molecule has 0 unspecified atom stereocenters. The Morgan fingerprint density at radius 3 is 2.46 bits per heavy atom. The highest BCUT2D eigenvalue weighted by atomic mass is 16.5. The van der Waals surface area contributed by atoms with Crippen molar-refractivity contribution in [2.24, 2.45) is 0 Å². The van der Waals surface area contributed by atoms with E-state index in [1.165, 1.54) is 5.56 Å². The van der Waals surface area contributed by atoms with Crippen molar-refractivity contribution in [3.63, 3.8) is 0 Å². The highest BCUT2D eigenvalue weighted by molar-refractivity contribution is 5.80. The van der Waals surface area contributed by atoms with Gasteiger partial charge in [-0.1, -0.05) is 18.2 Å². The minimum absolute atomic E-state index is 0.0911. The molecule has 0 bridgehead atoms. The summed E-state index contributed by atoms with van der Waals surface area (Å²) in [6.45, 7) is 1.29. The Balaban J connectivity index is 1.77. The number of fused-ring (bicyclic) bond motifs is 1. The molecule has 0 fully saturated rings. The summed E-state index contributed by atoms with van der Waals surface area (Å²) >= 11 is 0. The number of nitrogens with two attached hydrogens (primary N) is 1. The molecule has 2 N–H and O–H groups in total. The normalized spacial score (nSPS) is 13.3. The first-order valence-corrected chi connectivity index (χ1v) is 7.97. The van der Waals surface area contributed by atoms with Gasteiger partial charge < -0.3 is 20.1 Å². The number of nitrogens with zero attached hydrogens (tertiary/aromatic N) is 1. The molecule has 0 aromatic heterocycles. The maximum atomic E-state index is 12.6. The molecule has 24 heavy (non-hydrogen) atoms. The lowest BCUT2D eigenvalue weighted by Crippen LogP contribution is -2.37. The molecule has 3 rings (SSSR count). The maximum Gasteiger partial charge on any atom is 0.227 e. The molecule has 0 saturated heterocycles. The first-order chi connectivity index (χ1) is 11.6. The van der Waals surface area contributed by atoms with Crippen LogP contribution in [0, 0.1) is 0 Å². The van der Waals surface area contributed by atoms with Gasteiger partial charge in [0.15, 0.2) is 11.5 Å². The molecule has 0 saturated carbocycles. The number of hydrogen-bond acceptors (Lipinski definition) is 4. The fraction of sp³-hybridized carbons (Fsp3) is 0.316. The van der Waals surface area contributed by atoms with Crippen molar-refractivity contribution in [3.8, 4) is 11.5 Å². The second-order valence-electron chi connectivity index (χ2n) is 5.92. The zero-order chi connectivity index (χ0) is 17.1. The Bertz CT molecular complexity index is 758. The third kappa shape index (κ3) is 3.15. The topological polar surface area (TPSA) is 64.8 Å². The van der Waals surface area contributed by atoms with Gasteiger partial charge in [0.05, 0.1) is 20.6 Å². The Morgan fingerprint density at radius 2 is 1.79 bits per heavy atom. The van der Waals surface area contributed by atoms with E-state index in [9.17, 15) is 4.79 Å². The van der Waals surface area contributed by atoms with E-state index in [-0.39, 0.29) is 5.91 Å². The molecule has 0 spiro atoms. The van der Waals surface area contributed by atoms with Crippen molar-refractivity contribution in [2.45, 2.75) is 19.4 Å². The van der Waals surface area contributed by atoms with E-state index in [0.717, 1.165) is 23.3 Å². The fourth-order valence-corrected chi connectivity index (χ4v) is 3.07. The number of anilines is 1. The molecular formula is C19H22N2O3. The summed E-state index contributed by atoms with van der Waals surface area (Å²) in [5, 5.41) is 0. The average Bonchev–Trinajstić information content (AvgIpc) is 2.61. The van der Waals surface area contributed by atoms with Crippen LogP contribution < -0.4 is 15.2 Å². The fourth-order valence-electron chi connectivity index (χ4n) is 3.07. The monoisotopic (exact) mass is 326 g/mol. The van der Waals surface area contributed by atoms with Crippen LogP contribution in [0.1, 0.15) is 16.7 Å². The van der Waals surface area contributed by atoms with E-state index in [1.807, 2.05) is 41.3 Å². The summed E-state index contributed by atoms with van der Waals surface area (Å²) in [6, 6.07) is 11.5. The van der Waals surface area contributed by atoms with Crippen LogP contribution in [0.15, 0.2) is 36.4 Å². The van der Waals surface area contributed by atoms with Crippen molar-refractivity contribution in [1.82, 2.24) is 4.90 Å². The number of benzene rings is 2. The van der Waals surface area contributed by atoms with Gasteiger partial charge in [-0.3, -0.25) is 4.79 Å². The zero-order valence-electron chi connectivity index (χ0n) is 14.0. The predicted molar refractivity (Wildman–Crippen MR) is 93.2 cm³/mol. The van der Waals surface area contributed by atoms with Gasteiger partial charge in [-0.25, -0.2) is 0 Å². The number of carbonyl (C=O) groups is 1. The number of carbonyl (C=O) groups excluding carboxylic acids is 1. The lowest BCUT2D eigenvalue weighted by molar-refractivity contribution is -0.131. The summed E-state index contributed by atoms with van der Waals surface area (Å²) in [5.74, 6) is 1.51. The Kier molecular flexibility index (Phi) is 4.60. The van der Waals surface area contributed by atoms with Gasteiger partial charge >= 0.3 is 0 Å². The van der Waals surface area contributed by atoms with Gasteiger partial charge in [-0.05, 0) is 41.3 Å². The van der Waals surface area contributed by atoms with Gasteiger partial charge in [0.2, 0.25) is 5.91 Å². The highest BCUT2D eigenvalue weighted by Gasteiger charge is 2.23. The Hall–Kier alpha value is -2.69. The summed E-state index contributed by atoms with van der Waals surface area (Å²) in [5.41, 5.74) is 9.79. The molecule has 0 aliphatic carbocycles. The molecule has 2 aromatic carbocycles. The smallest absolute Gasteiger partial charge is 0.227 e. The van der Waals surface area contributed by atoms with Crippen LogP contribution >= 0.6 is 0 Å². The van der Waals surface area contributed by atoms with Gasteiger partial charge in [0.1, 0.15) is 0 Å². The number of ether oxygens (including phenoxy) is 2. The van der Waals surface area contributed by atoms with Crippen molar-refractivity contribution < 1.29 is 14.3 Å². The minimum atomic E-state index is 0.0911. The second-order valence-corrected chi connectivity index (χ2v) is 5.92. The lowest BCUT2D eigenvalue weighted by Gasteiger charge is -2.30. The van der Waals surface area contributed by atoms with E-state index < -0.39 is 0 Å². The standard InChI is InChI=1S/C19H22N2O3/c1-23-17-9-13-7-8-21(12-15(13)10-18(17)24-2)19(22)11-14-5-3-4-6-16(14)20/h3-6,9-10H,7-8,11-12,20H2,1-2H3. The molecule has 1 aliphatic heterocycles. The van der Waals surface area contributed by atoms with Crippen LogP contribution in [0.3, 0.4) is 0 Å². The number of amides is 1. The SMILES string of the molecule is COc1cc2c(cc1OC)CN(C(=O)Cc1ccccc1N)CC2. The minimum Gasteiger partial charge on any atom is -0.493 e. The van der Waals surface area contributed by atoms with E-state index in [4.69, 9.17) is 15.2 Å². The van der Waals surface area contributed by atoms with E-state index >= 15 is 0 Å². The Labute approximate surface area is 142 Å². The van der Waals surface area contributed by atoms with Crippen LogP contribution in [-0.4, -0.2) is 31.6 Å². The van der Waals surface area contributed by atoms with E-state index in [1.54, 1.807) is 14.2 Å². The van der Waals surface area contributed by atoms with Crippen LogP contribution in [0.5, 0.6) is 11.5 Å². The van der Waals surface area contributed by atoms with Crippen molar-refractivity contribution >= 4 is 11.6 Å². The summed E-state index contributed by atoms with van der Waals surface area (Å²) < 4.78 is 10.7. The van der Waals surface area contributed by atoms with Gasteiger partial charge in [0, 0.05) is 18.8 Å². The van der Waals surface area contributed by atoms with E-state index in [2.05, 4.69) is 0 Å². The molecule has 0 atom stereocenters. The largest absolute Gasteiger partial charge is 0.493 e. The molecular weight excluding hydrogens is 304 g/mol. The molecule has 5 heteroatoms. The van der Waals surface area contributed by atoms with Gasteiger partial charge in [-0.15, -0.1) is 0 Å².